The number of aromatic nitrogens is 3. The standard InChI is InChI=1S/C24H22FN5O/c1-16(28-21-8-10-22(11-9-21)30-14-13-26-17(30)2)24(31)29-23-12-5-19(15-27-23)18-3-6-20(25)7-4-18/h3-16,28H,1-2H3,(H,27,29,31). The lowest BCUT2D eigenvalue weighted by molar-refractivity contribution is -0.116. The molecule has 2 aromatic carbocycles. The normalized spacial score (nSPS) is 11.7. The molecule has 0 aliphatic carbocycles. The van der Waals surface area contributed by atoms with Gasteiger partial charge < -0.3 is 15.2 Å². The summed E-state index contributed by atoms with van der Waals surface area (Å²) in [5.74, 6) is 0.881. The molecule has 0 bridgehead atoms. The molecular weight excluding hydrogens is 393 g/mol. The molecule has 0 radical (unpaired) electrons. The SMILES string of the molecule is Cc1nccn1-c1ccc(NC(C)C(=O)Nc2ccc(-c3ccc(F)cc3)cn2)cc1. The smallest absolute Gasteiger partial charge is 0.247 e. The number of aryl methyl sites for hydroxylation is 1. The van der Waals surface area contributed by atoms with Crippen molar-refractivity contribution in [3.8, 4) is 16.8 Å². The molecule has 1 unspecified atom stereocenters. The average molecular weight is 415 g/mol. The molecule has 7 heteroatoms. The highest BCUT2D eigenvalue weighted by Gasteiger charge is 2.14. The molecule has 4 aromatic rings. The van der Waals surface area contributed by atoms with Crippen LogP contribution < -0.4 is 10.6 Å². The van der Waals surface area contributed by atoms with Crippen LogP contribution in [0.2, 0.25) is 0 Å². The summed E-state index contributed by atoms with van der Waals surface area (Å²) in [5.41, 5.74) is 3.54. The molecular formula is C24H22FN5O. The zero-order chi connectivity index (χ0) is 21.8. The highest BCUT2D eigenvalue weighted by molar-refractivity contribution is 5.95. The third-order valence-electron chi connectivity index (χ3n) is 4.94. The van der Waals surface area contributed by atoms with Crippen LogP contribution in [0.15, 0.2) is 79.3 Å². The predicted octanol–water partition coefficient (Wildman–Crippen LogP) is 4.82. The van der Waals surface area contributed by atoms with Gasteiger partial charge in [-0.2, -0.15) is 0 Å². The quantitative estimate of drug-likeness (QED) is 0.474. The molecule has 31 heavy (non-hydrogen) atoms. The van der Waals surface area contributed by atoms with Gasteiger partial charge in [0, 0.05) is 35.5 Å². The molecule has 0 saturated heterocycles. The van der Waals surface area contributed by atoms with Crippen LogP contribution in [0.5, 0.6) is 0 Å². The maximum Gasteiger partial charge on any atom is 0.247 e. The average Bonchev–Trinajstić information content (AvgIpc) is 3.21. The van der Waals surface area contributed by atoms with Crippen LogP contribution in [0.3, 0.4) is 0 Å². The molecule has 2 N–H and O–H groups in total. The van der Waals surface area contributed by atoms with Crippen molar-refractivity contribution in [2.75, 3.05) is 10.6 Å². The molecule has 0 fully saturated rings. The minimum Gasteiger partial charge on any atom is -0.374 e. The number of imidazole rings is 1. The molecule has 0 saturated carbocycles. The fourth-order valence-electron chi connectivity index (χ4n) is 3.20. The van der Waals surface area contributed by atoms with Crippen LogP contribution in [0.4, 0.5) is 15.9 Å². The zero-order valence-electron chi connectivity index (χ0n) is 17.2. The number of carbonyl (C=O) groups is 1. The van der Waals surface area contributed by atoms with Gasteiger partial charge in [-0.1, -0.05) is 12.1 Å². The number of rotatable bonds is 6. The molecule has 0 aliphatic heterocycles. The number of benzene rings is 2. The van der Waals surface area contributed by atoms with Gasteiger partial charge in [0.1, 0.15) is 23.5 Å². The Morgan fingerprint density at radius 3 is 2.29 bits per heavy atom. The molecule has 2 heterocycles. The Hall–Kier alpha value is -4.00. The molecule has 2 aromatic heterocycles. The number of halogens is 1. The van der Waals surface area contributed by atoms with E-state index in [4.69, 9.17) is 0 Å². The highest BCUT2D eigenvalue weighted by Crippen LogP contribution is 2.20. The van der Waals surface area contributed by atoms with Gasteiger partial charge in [0.2, 0.25) is 5.91 Å². The van der Waals surface area contributed by atoms with Gasteiger partial charge in [-0.05, 0) is 67.9 Å². The lowest BCUT2D eigenvalue weighted by atomic mass is 10.1. The van der Waals surface area contributed by atoms with Gasteiger partial charge in [0.25, 0.3) is 0 Å². The van der Waals surface area contributed by atoms with E-state index in [2.05, 4.69) is 20.6 Å². The van der Waals surface area contributed by atoms with Gasteiger partial charge >= 0.3 is 0 Å². The monoisotopic (exact) mass is 415 g/mol. The van der Waals surface area contributed by atoms with E-state index < -0.39 is 6.04 Å². The Labute approximate surface area is 179 Å². The molecule has 6 nitrogen and oxygen atoms in total. The minimum atomic E-state index is -0.459. The second kappa shape index (κ2) is 8.79. The van der Waals surface area contributed by atoms with Crippen LogP contribution >= 0.6 is 0 Å². The number of carbonyl (C=O) groups excluding carboxylic acids is 1. The highest BCUT2D eigenvalue weighted by atomic mass is 19.1. The van der Waals surface area contributed by atoms with E-state index >= 15 is 0 Å². The van der Waals surface area contributed by atoms with Gasteiger partial charge in [-0.15, -0.1) is 0 Å². The first-order valence-electron chi connectivity index (χ1n) is 9.89. The van der Waals surface area contributed by atoms with Gasteiger partial charge in [-0.3, -0.25) is 4.79 Å². The fourth-order valence-corrected chi connectivity index (χ4v) is 3.20. The van der Waals surface area contributed by atoms with Crippen molar-refractivity contribution in [3.05, 3.63) is 90.9 Å². The van der Waals surface area contributed by atoms with Crippen molar-refractivity contribution in [3.63, 3.8) is 0 Å². The molecule has 4 rings (SSSR count). The van der Waals surface area contributed by atoms with E-state index in [9.17, 15) is 9.18 Å². The molecule has 0 aliphatic rings. The Morgan fingerprint density at radius 2 is 1.68 bits per heavy atom. The Bertz CT molecular complexity index is 1170. The fraction of sp³-hybridized carbons (Fsp3) is 0.125. The largest absolute Gasteiger partial charge is 0.374 e. The van der Waals surface area contributed by atoms with E-state index in [0.29, 0.717) is 5.82 Å². The van der Waals surface area contributed by atoms with Gasteiger partial charge in [-0.25, -0.2) is 14.4 Å². The third-order valence-corrected chi connectivity index (χ3v) is 4.94. The number of hydrogen-bond acceptors (Lipinski definition) is 4. The van der Waals surface area contributed by atoms with Crippen molar-refractivity contribution in [2.45, 2.75) is 19.9 Å². The zero-order valence-corrected chi connectivity index (χ0v) is 17.2. The lowest BCUT2D eigenvalue weighted by Gasteiger charge is -2.16. The maximum absolute atomic E-state index is 13.1. The number of nitrogens with zero attached hydrogens (tertiary/aromatic N) is 3. The second-order valence-corrected chi connectivity index (χ2v) is 7.19. The van der Waals surface area contributed by atoms with E-state index in [0.717, 1.165) is 28.3 Å². The number of anilines is 2. The van der Waals surface area contributed by atoms with Crippen molar-refractivity contribution in [2.24, 2.45) is 0 Å². The first-order valence-corrected chi connectivity index (χ1v) is 9.89. The summed E-state index contributed by atoms with van der Waals surface area (Å²) < 4.78 is 15.1. The van der Waals surface area contributed by atoms with Gasteiger partial charge in [0.15, 0.2) is 0 Å². The van der Waals surface area contributed by atoms with Crippen LogP contribution in [-0.2, 0) is 4.79 Å². The van der Waals surface area contributed by atoms with Crippen LogP contribution in [-0.4, -0.2) is 26.5 Å². The Morgan fingerprint density at radius 1 is 0.968 bits per heavy atom. The predicted molar refractivity (Wildman–Crippen MR) is 120 cm³/mol. The summed E-state index contributed by atoms with van der Waals surface area (Å²) in [6.45, 7) is 3.73. The second-order valence-electron chi connectivity index (χ2n) is 7.19. The summed E-state index contributed by atoms with van der Waals surface area (Å²) in [6.07, 6.45) is 5.31. The summed E-state index contributed by atoms with van der Waals surface area (Å²) in [4.78, 5) is 21.1. The van der Waals surface area contributed by atoms with Crippen LogP contribution in [0.1, 0.15) is 12.7 Å². The van der Waals surface area contributed by atoms with Crippen LogP contribution in [0.25, 0.3) is 16.8 Å². The summed E-state index contributed by atoms with van der Waals surface area (Å²) >= 11 is 0. The van der Waals surface area contributed by atoms with Crippen LogP contribution in [0, 0.1) is 12.7 Å². The van der Waals surface area contributed by atoms with Crippen molar-refractivity contribution in [1.29, 1.82) is 0 Å². The molecule has 0 spiro atoms. The van der Waals surface area contributed by atoms with E-state index in [1.807, 2.05) is 48.0 Å². The molecule has 1 atom stereocenters. The van der Waals surface area contributed by atoms with Gasteiger partial charge in [0.05, 0.1) is 0 Å². The first kappa shape index (κ1) is 20.3. The summed E-state index contributed by atoms with van der Waals surface area (Å²) in [6, 6.07) is 17.1. The summed E-state index contributed by atoms with van der Waals surface area (Å²) in [7, 11) is 0. The summed E-state index contributed by atoms with van der Waals surface area (Å²) in [5, 5.41) is 6.00. The topological polar surface area (TPSA) is 71.8 Å². The number of pyridine rings is 1. The lowest BCUT2D eigenvalue weighted by Crippen LogP contribution is -2.32. The first-order chi connectivity index (χ1) is 15.0. The number of nitrogens with one attached hydrogen (secondary N) is 2. The minimum absolute atomic E-state index is 0.198. The van der Waals surface area contributed by atoms with E-state index in [1.165, 1.54) is 12.1 Å². The third kappa shape index (κ3) is 4.78. The number of hydrogen-bond donors (Lipinski definition) is 2. The van der Waals surface area contributed by atoms with E-state index in [1.54, 1.807) is 37.5 Å². The number of amides is 1. The molecule has 1 amide bonds. The maximum atomic E-state index is 13.1. The Kier molecular flexibility index (Phi) is 5.75. The van der Waals surface area contributed by atoms with Crippen molar-refractivity contribution >= 4 is 17.4 Å². The Balaban J connectivity index is 1.36. The van der Waals surface area contributed by atoms with Crippen molar-refractivity contribution in [1.82, 2.24) is 14.5 Å². The van der Waals surface area contributed by atoms with E-state index in [-0.39, 0.29) is 11.7 Å². The molecule has 156 valence electrons. The van der Waals surface area contributed by atoms with Crippen molar-refractivity contribution < 1.29 is 9.18 Å².